The number of hydrogen-bond acceptors (Lipinski definition) is 3. The summed E-state index contributed by atoms with van der Waals surface area (Å²) in [6.07, 6.45) is -2.88. The number of rotatable bonds is 4. The third kappa shape index (κ3) is 5.00. The Morgan fingerprint density at radius 2 is 1.87 bits per heavy atom. The van der Waals surface area contributed by atoms with Crippen LogP contribution in [-0.2, 0) is 11.0 Å². The van der Waals surface area contributed by atoms with Gasteiger partial charge in [0, 0.05) is 25.2 Å². The number of nitrogens with zero attached hydrogens (tertiary/aromatic N) is 2. The largest absolute Gasteiger partial charge is 0.417 e. The van der Waals surface area contributed by atoms with Gasteiger partial charge in [-0.15, -0.1) is 0 Å². The average Bonchev–Trinajstić information content (AvgIpc) is 2.69. The lowest BCUT2D eigenvalue weighted by atomic mass is 9.95. The van der Waals surface area contributed by atoms with Gasteiger partial charge >= 0.3 is 6.18 Å². The van der Waals surface area contributed by atoms with Crippen LogP contribution in [0.15, 0.2) is 30.5 Å². The monoisotopic (exact) mass is 447 g/mol. The first-order valence-corrected chi connectivity index (χ1v) is 9.67. The summed E-state index contributed by atoms with van der Waals surface area (Å²) in [5.41, 5.74) is -0.475. The number of carbonyl (C=O) groups is 1. The van der Waals surface area contributed by atoms with E-state index in [1.807, 2.05) is 0 Å². The number of carbonyl (C=O) groups excluding carboxylic acids is 1. The minimum Gasteiger partial charge on any atom is -0.355 e. The molecule has 10 heteroatoms. The van der Waals surface area contributed by atoms with Crippen LogP contribution in [0.4, 0.5) is 27.8 Å². The van der Waals surface area contributed by atoms with Crippen molar-refractivity contribution in [1.82, 2.24) is 10.3 Å². The van der Waals surface area contributed by atoms with Crippen molar-refractivity contribution < 1.29 is 26.7 Å². The summed E-state index contributed by atoms with van der Waals surface area (Å²) >= 11 is 5.99. The van der Waals surface area contributed by atoms with Gasteiger partial charge in [0.05, 0.1) is 16.6 Å². The fourth-order valence-corrected chi connectivity index (χ4v) is 3.65. The maximum Gasteiger partial charge on any atom is 0.417 e. The van der Waals surface area contributed by atoms with Crippen LogP contribution >= 0.6 is 11.6 Å². The summed E-state index contributed by atoms with van der Waals surface area (Å²) in [4.78, 5) is 18.1. The van der Waals surface area contributed by atoms with Crippen molar-refractivity contribution in [3.05, 3.63) is 58.2 Å². The maximum absolute atomic E-state index is 13.4. The van der Waals surface area contributed by atoms with E-state index in [1.54, 1.807) is 11.8 Å². The van der Waals surface area contributed by atoms with Gasteiger partial charge < -0.3 is 10.2 Å². The number of pyridine rings is 1. The van der Waals surface area contributed by atoms with Crippen LogP contribution in [0.25, 0.3) is 0 Å². The fourth-order valence-electron chi connectivity index (χ4n) is 3.37. The lowest BCUT2D eigenvalue weighted by Gasteiger charge is -2.33. The van der Waals surface area contributed by atoms with E-state index in [-0.39, 0.29) is 22.7 Å². The molecule has 0 saturated carbocycles. The lowest BCUT2D eigenvalue weighted by molar-refractivity contribution is -0.137. The molecule has 1 amide bonds. The van der Waals surface area contributed by atoms with E-state index in [9.17, 15) is 26.7 Å². The van der Waals surface area contributed by atoms with Crippen LogP contribution in [0, 0.1) is 17.6 Å². The molecule has 2 aromatic rings. The molecule has 0 bridgehead atoms. The molecule has 1 fully saturated rings. The van der Waals surface area contributed by atoms with Gasteiger partial charge in [-0.1, -0.05) is 17.7 Å². The van der Waals surface area contributed by atoms with Crippen molar-refractivity contribution in [1.29, 1.82) is 0 Å². The molecule has 0 radical (unpaired) electrons. The molecule has 1 unspecified atom stereocenters. The second kappa shape index (κ2) is 8.75. The summed E-state index contributed by atoms with van der Waals surface area (Å²) in [5, 5.41) is 2.69. The van der Waals surface area contributed by atoms with Gasteiger partial charge in [0.15, 0.2) is 11.6 Å². The summed E-state index contributed by atoms with van der Waals surface area (Å²) < 4.78 is 64.7. The van der Waals surface area contributed by atoms with Gasteiger partial charge in [-0.25, -0.2) is 13.8 Å². The Hall–Kier alpha value is -2.42. The predicted octanol–water partition coefficient (Wildman–Crippen LogP) is 5.13. The molecule has 1 atom stereocenters. The zero-order valence-electron chi connectivity index (χ0n) is 15.9. The van der Waals surface area contributed by atoms with E-state index >= 15 is 0 Å². The van der Waals surface area contributed by atoms with Gasteiger partial charge in [-0.3, -0.25) is 4.79 Å². The molecule has 1 saturated heterocycles. The molecule has 0 spiro atoms. The number of alkyl halides is 3. The quantitative estimate of drug-likeness (QED) is 0.661. The highest BCUT2D eigenvalue weighted by atomic mass is 35.5. The third-order valence-corrected chi connectivity index (χ3v) is 5.39. The first-order valence-electron chi connectivity index (χ1n) is 9.29. The standard InChI is InChI=1S/C20H19ClF5N3O/c1-11(13-2-3-16(22)17(23)8-13)28-19(30)12-4-6-29(7-5-12)18-15(21)9-14(10-27-18)20(24,25)26/h2-3,8-12H,4-7H2,1H3,(H,28,30). The zero-order valence-corrected chi connectivity index (χ0v) is 16.7. The molecule has 1 aliphatic rings. The third-order valence-electron chi connectivity index (χ3n) is 5.12. The van der Waals surface area contributed by atoms with Gasteiger partial charge in [0.1, 0.15) is 5.82 Å². The molecule has 162 valence electrons. The van der Waals surface area contributed by atoms with Gasteiger partial charge in [-0.05, 0) is 43.5 Å². The highest BCUT2D eigenvalue weighted by molar-refractivity contribution is 6.33. The molecular formula is C20H19ClF5N3O. The Bertz CT molecular complexity index is 929. The van der Waals surface area contributed by atoms with Gasteiger partial charge in [-0.2, -0.15) is 13.2 Å². The number of anilines is 1. The van der Waals surface area contributed by atoms with Crippen LogP contribution in [-0.4, -0.2) is 24.0 Å². The minimum absolute atomic E-state index is 0.0975. The van der Waals surface area contributed by atoms with E-state index in [0.29, 0.717) is 31.5 Å². The van der Waals surface area contributed by atoms with Crippen molar-refractivity contribution in [2.24, 2.45) is 5.92 Å². The SMILES string of the molecule is CC(NC(=O)C1CCN(c2ncc(C(F)(F)F)cc2Cl)CC1)c1ccc(F)c(F)c1. The first-order chi connectivity index (χ1) is 14.1. The number of halogens is 6. The van der Waals surface area contributed by atoms with Crippen LogP contribution in [0.1, 0.15) is 36.9 Å². The molecule has 1 N–H and O–H groups in total. The predicted molar refractivity (Wildman–Crippen MR) is 102 cm³/mol. The topological polar surface area (TPSA) is 45.2 Å². The second-order valence-electron chi connectivity index (χ2n) is 7.19. The summed E-state index contributed by atoms with van der Waals surface area (Å²) in [6, 6.07) is 3.79. The fraction of sp³-hybridized carbons (Fsp3) is 0.400. The van der Waals surface area contributed by atoms with Crippen molar-refractivity contribution in [3.63, 3.8) is 0 Å². The molecular weight excluding hydrogens is 429 g/mol. The molecule has 1 aromatic heterocycles. The maximum atomic E-state index is 13.4. The Balaban J connectivity index is 1.58. The smallest absolute Gasteiger partial charge is 0.355 e. The first kappa shape index (κ1) is 22.3. The van der Waals surface area contributed by atoms with Crippen LogP contribution in [0.2, 0.25) is 5.02 Å². The Morgan fingerprint density at radius 3 is 2.43 bits per heavy atom. The number of benzene rings is 1. The summed E-state index contributed by atoms with van der Waals surface area (Å²) in [7, 11) is 0. The molecule has 0 aliphatic carbocycles. The minimum atomic E-state index is -4.52. The highest BCUT2D eigenvalue weighted by Crippen LogP contribution is 2.34. The number of hydrogen-bond donors (Lipinski definition) is 1. The zero-order chi connectivity index (χ0) is 22.1. The van der Waals surface area contributed by atoms with E-state index in [2.05, 4.69) is 10.3 Å². The molecule has 1 aromatic carbocycles. The Labute approximate surface area is 175 Å². The Morgan fingerprint density at radius 1 is 1.20 bits per heavy atom. The van der Waals surface area contributed by atoms with E-state index in [1.165, 1.54) is 6.07 Å². The number of amides is 1. The molecule has 1 aliphatic heterocycles. The molecule has 3 rings (SSSR count). The van der Waals surface area contributed by atoms with Gasteiger partial charge in [0.2, 0.25) is 5.91 Å². The van der Waals surface area contributed by atoms with Crippen molar-refractivity contribution in [3.8, 4) is 0 Å². The lowest BCUT2D eigenvalue weighted by Crippen LogP contribution is -2.41. The summed E-state index contributed by atoms with van der Waals surface area (Å²) in [6.45, 7) is 2.47. The van der Waals surface area contributed by atoms with E-state index < -0.39 is 29.4 Å². The van der Waals surface area contributed by atoms with Crippen LogP contribution in [0.3, 0.4) is 0 Å². The van der Waals surface area contributed by atoms with E-state index in [4.69, 9.17) is 11.6 Å². The molecule has 30 heavy (non-hydrogen) atoms. The Kier molecular flexibility index (Phi) is 6.50. The molecule has 4 nitrogen and oxygen atoms in total. The van der Waals surface area contributed by atoms with Crippen LogP contribution < -0.4 is 10.2 Å². The second-order valence-corrected chi connectivity index (χ2v) is 7.60. The number of aromatic nitrogens is 1. The number of nitrogens with one attached hydrogen (secondary N) is 1. The normalized spacial score (nSPS) is 16.4. The summed E-state index contributed by atoms with van der Waals surface area (Å²) in [5.74, 6) is -2.23. The van der Waals surface area contributed by atoms with Gasteiger partial charge in [0.25, 0.3) is 0 Å². The average molecular weight is 448 g/mol. The van der Waals surface area contributed by atoms with E-state index in [0.717, 1.165) is 24.4 Å². The van der Waals surface area contributed by atoms with Crippen molar-refractivity contribution >= 4 is 23.3 Å². The van der Waals surface area contributed by atoms with Crippen LogP contribution in [0.5, 0.6) is 0 Å². The van der Waals surface area contributed by atoms with Crippen molar-refractivity contribution in [2.45, 2.75) is 32.0 Å². The highest BCUT2D eigenvalue weighted by Gasteiger charge is 2.33. The molecule has 2 heterocycles. The number of piperidine rings is 1. The van der Waals surface area contributed by atoms with Crippen molar-refractivity contribution in [2.75, 3.05) is 18.0 Å².